The average Bonchev–Trinajstić information content (AvgIpc) is 3.02. The van der Waals surface area contributed by atoms with Gasteiger partial charge < -0.3 is 19.9 Å². The summed E-state index contributed by atoms with van der Waals surface area (Å²) in [5.41, 5.74) is 1.82. The first-order valence-electron chi connectivity index (χ1n) is 9.48. The molecule has 1 saturated heterocycles. The molecule has 26 heavy (non-hydrogen) atoms. The molecule has 0 spiro atoms. The van der Waals surface area contributed by atoms with Crippen molar-refractivity contribution in [3.05, 3.63) is 42.0 Å². The number of aromatic nitrogens is 2. The third-order valence-corrected chi connectivity index (χ3v) is 5.19. The highest BCUT2D eigenvalue weighted by Gasteiger charge is 2.26. The van der Waals surface area contributed by atoms with E-state index in [2.05, 4.69) is 26.4 Å². The summed E-state index contributed by atoms with van der Waals surface area (Å²) in [4.78, 5) is 17.2. The lowest BCUT2D eigenvalue weighted by Crippen LogP contribution is -2.34. The third kappa shape index (κ3) is 3.90. The molecule has 138 valence electrons. The molecule has 1 aromatic heterocycles. The molecule has 0 bridgehead atoms. The van der Waals surface area contributed by atoms with Crippen molar-refractivity contribution in [2.24, 2.45) is 5.92 Å². The standard InChI is InChI=1S/C20H26N4O2/c1-14-13-24-10-7-15(11-19(24)22-14)20(25)23-16-3-2-4-18(12-16)26-17-5-8-21-9-6-17/h2-4,12-13,15,17,21H,5-11H2,1H3,(H,23,25). The molecule has 2 aliphatic heterocycles. The SMILES string of the molecule is Cc1cn2c(n1)CC(C(=O)Nc1cccc(OC3CCNCC3)c1)CC2. The molecule has 0 radical (unpaired) electrons. The molecule has 2 aliphatic rings. The Morgan fingerprint density at radius 1 is 1.31 bits per heavy atom. The molecule has 0 saturated carbocycles. The van der Waals surface area contributed by atoms with Gasteiger partial charge in [0.05, 0.1) is 5.69 Å². The van der Waals surface area contributed by atoms with Crippen molar-refractivity contribution >= 4 is 11.6 Å². The minimum atomic E-state index is -0.0294. The van der Waals surface area contributed by atoms with Crippen molar-refractivity contribution in [3.8, 4) is 5.75 Å². The fourth-order valence-electron chi connectivity index (χ4n) is 3.79. The first kappa shape index (κ1) is 17.1. The lowest BCUT2D eigenvalue weighted by Gasteiger charge is -2.24. The van der Waals surface area contributed by atoms with Crippen molar-refractivity contribution < 1.29 is 9.53 Å². The molecule has 6 nitrogen and oxygen atoms in total. The van der Waals surface area contributed by atoms with Gasteiger partial charge in [-0.1, -0.05) is 6.07 Å². The van der Waals surface area contributed by atoms with E-state index in [0.29, 0.717) is 6.42 Å². The van der Waals surface area contributed by atoms with Gasteiger partial charge in [0.2, 0.25) is 5.91 Å². The number of nitrogens with zero attached hydrogens (tertiary/aromatic N) is 2. The summed E-state index contributed by atoms with van der Waals surface area (Å²) in [6, 6.07) is 7.73. The van der Waals surface area contributed by atoms with Gasteiger partial charge in [0.15, 0.2) is 0 Å². The summed E-state index contributed by atoms with van der Waals surface area (Å²) < 4.78 is 8.23. The second-order valence-electron chi connectivity index (χ2n) is 7.27. The van der Waals surface area contributed by atoms with Crippen LogP contribution >= 0.6 is 0 Å². The first-order chi connectivity index (χ1) is 12.7. The van der Waals surface area contributed by atoms with E-state index in [1.165, 1.54) is 0 Å². The van der Waals surface area contributed by atoms with E-state index in [1.54, 1.807) is 0 Å². The Balaban J connectivity index is 1.37. The van der Waals surface area contributed by atoms with E-state index < -0.39 is 0 Å². The van der Waals surface area contributed by atoms with Crippen molar-refractivity contribution in [3.63, 3.8) is 0 Å². The predicted molar refractivity (Wildman–Crippen MR) is 100 cm³/mol. The normalized spacial score (nSPS) is 20.4. The molecule has 1 amide bonds. The van der Waals surface area contributed by atoms with E-state index in [4.69, 9.17) is 4.74 Å². The maximum atomic E-state index is 12.7. The topological polar surface area (TPSA) is 68.2 Å². The fraction of sp³-hybridized carbons (Fsp3) is 0.500. The van der Waals surface area contributed by atoms with Crippen molar-refractivity contribution in [2.75, 3.05) is 18.4 Å². The van der Waals surface area contributed by atoms with E-state index in [0.717, 1.165) is 61.9 Å². The zero-order chi connectivity index (χ0) is 17.9. The van der Waals surface area contributed by atoms with Crippen LogP contribution < -0.4 is 15.4 Å². The highest BCUT2D eigenvalue weighted by Crippen LogP contribution is 2.24. The number of amides is 1. The van der Waals surface area contributed by atoms with E-state index in [1.807, 2.05) is 31.2 Å². The smallest absolute Gasteiger partial charge is 0.228 e. The Bertz CT molecular complexity index is 780. The van der Waals surface area contributed by atoms with Crippen molar-refractivity contribution in [2.45, 2.75) is 45.3 Å². The van der Waals surface area contributed by atoms with Crippen LogP contribution in [0.2, 0.25) is 0 Å². The van der Waals surface area contributed by atoms with Gasteiger partial charge >= 0.3 is 0 Å². The van der Waals surface area contributed by atoms with Gasteiger partial charge in [0.25, 0.3) is 0 Å². The molecule has 1 aromatic carbocycles. The zero-order valence-corrected chi connectivity index (χ0v) is 15.2. The molecular weight excluding hydrogens is 328 g/mol. The van der Waals surface area contributed by atoms with Crippen LogP contribution in [0.3, 0.4) is 0 Å². The number of imidazole rings is 1. The summed E-state index contributed by atoms with van der Waals surface area (Å²) in [5.74, 6) is 1.87. The number of carbonyl (C=O) groups is 1. The van der Waals surface area contributed by atoms with Crippen LogP contribution in [0.1, 0.15) is 30.8 Å². The Hall–Kier alpha value is -2.34. The number of piperidine rings is 1. The van der Waals surface area contributed by atoms with Gasteiger partial charge in [-0.05, 0) is 51.4 Å². The number of rotatable bonds is 4. The van der Waals surface area contributed by atoms with Gasteiger partial charge in [-0.3, -0.25) is 4.79 Å². The lowest BCUT2D eigenvalue weighted by molar-refractivity contribution is -0.120. The Kier molecular flexibility index (Phi) is 4.93. The van der Waals surface area contributed by atoms with E-state index in [9.17, 15) is 4.79 Å². The molecule has 2 aromatic rings. The second-order valence-corrected chi connectivity index (χ2v) is 7.27. The third-order valence-electron chi connectivity index (χ3n) is 5.19. The summed E-state index contributed by atoms with van der Waals surface area (Å²) >= 11 is 0. The Morgan fingerprint density at radius 3 is 3.00 bits per heavy atom. The molecule has 1 atom stereocenters. The summed E-state index contributed by atoms with van der Waals surface area (Å²) in [5, 5.41) is 6.40. The molecule has 6 heteroatoms. The van der Waals surface area contributed by atoms with Gasteiger partial charge in [-0.25, -0.2) is 4.98 Å². The molecule has 4 rings (SSSR count). The van der Waals surface area contributed by atoms with Gasteiger partial charge in [-0.15, -0.1) is 0 Å². The van der Waals surface area contributed by atoms with Crippen molar-refractivity contribution in [1.29, 1.82) is 0 Å². The number of carbonyl (C=O) groups excluding carboxylic acids is 1. The molecule has 3 heterocycles. The van der Waals surface area contributed by atoms with Crippen LogP contribution in [0.4, 0.5) is 5.69 Å². The van der Waals surface area contributed by atoms with Crippen LogP contribution in [0.15, 0.2) is 30.5 Å². The number of ether oxygens (including phenoxy) is 1. The highest BCUT2D eigenvalue weighted by atomic mass is 16.5. The monoisotopic (exact) mass is 354 g/mol. The average molecular weight is 354 g/mol. The van der Waals surface area contributed by atoms with Crippen LogP contribution in [-0.4, -0.2) is 34.7 Å². The number of benzene rings is 1. The maximum absolute atomic E-state index is 12.7. The number of hydrogen-bond acceptors (Lipinski definition) is 4. The largest absolute Gasteiger partial charge is 0.490 e. The van der Waals surface area contributed by atoms with Gasteiger partial charge in [0, 0.05) is 36.8 Å². The molecule has 1 fully saturated rings. The summed E-state index contributed by atoms with van der Waals surface area (Å²) in [6.45, 7) is 4.84. The molecular formula is C20H26N4O2. The quantitative estimate of drug-likeness (QED) is 0.885. The minimum absolute atomic E-state index is 0.0294. The summed E-state index contributed by atoms with van der Waals surface area (Å²) in [7, 11) is 0. The fourth-order valence-corrected chi connectivity index (χ4v) is 3.79. The van der Waals surface area contributed by atoms with Gasteiger partial charge in [0.1, 0.15) is 17.7 Å². The summed E-state index contributed by atoms with van der Waals surface area (Å²) in [6.07, 6.45) is 5.90. The Labute approximate surface area is 154 Å². The van der Waals surface area contributed by atoms with E-state index >= 15 is 0 Å². The number of hydrogen-bond donors (Lipinski definition) is 2. The van der Waals surface area contributed by atoms with Crippen LogP contribution in [0.5, 0.6) is 5.75 Å². The highest BCUT2D eigenvalue weighted by molar-refractivity contribution is 5.92. The number of fused-ring (bicyclic) bond motifs is 1. The zero-order valence-electron chi connectivity index (χ0n) is 15.2. The van der Waals surface area contributed by atoms with E-state index in [-0.39, 0.29) is 17.9 Å². The molecule has 2 N–H and O–H groups in total. The first-order valence-corrected chi connectivity index (χ1v) is 9.48. The van der Waals surface area contributed by atoms with Crippen LogP contribution in [0.25, 0.3) is 0 Å². The molecule has 0 aliphatic carbocycles. The van der Waals surface area contributed by atoms with Gasteiger partial charge in [-0.2, -0.15) is 0 Å². The predicted octanol–water partition coefficient (Wildman–Crippen LogP) is 2.52. The minimum Gasteiger partial charge on any atom is -0.490 e. The van der Waals surface area contributed by atoms with Crippen LogP contribution in [0, 0.1) is 12.8 Å². The number of nitrogens with one attached hydrogen (secondary N) is 2. The Morgan fingerprint density at radius 2 is 2.15 bits per heavy atom. The van der Waals surface area contributed by atoms with Crippen LogP contribution in [-0.2, 0) is 17.8 Å². The lowest BCUT2D eigenvalue weighted by atomic mass is 9.97. The number of anilines is 1. The maximum Gasteiger partial charge on any atom is 0.228 e. The van der Waals surface area contributed by atoms with Crippen molar-refractivity contribution in [1.82, 2.24) is 14.9 Å². The second kappa shape index (κ2) is 7.50. The number of aryl methyl sites for hydroxylation is 2. The molecule has 1 unspecified atom stereocenters.